The first-order valence-corrected chi connectivity index (χ1v) is 7.82. The number of piperazine rings is 1. The van der Waals surface area contributed by atoms with Gasteiger partial charge in [0.25, 0.3) is 0 Å². The Bertz CT molecular complexity index is 451. The lowest BCUT2D eigenvalue weighted by Crippen LogP contribution is -2.44. The van der Waals surface area contributed by atoms with Crippen LogP contribution >= 0.6 is 11.6 Å². The Morgan fingerprint density at radius 1 is 1.29 bits per heavy atom. The van der Waals surface area contributed by atoms with Crippen molar-refractivity contribution < 1.29 is 10.2 Å². The van der Waals surface area contributed by atoms with Crippen molar-refractivity contribution in [3.05, 3.63) is 23.8 Å². The van der Waals surface area contributed by atoms with Gasteiger partial charge in [0.15, 0.2) is 0 Å². The molecule has 1 saturated heterocycles. The van der Waals surface area contributed by atoms with E-state index in [1.165, 1.54) is 0 Å². The topological polar surface area (TPSA) is 59.0 Å². The fourth-order valence-electron chi connectivity index (χ4n) is 2.43. The van der Waals surface area contributed by atoms with E-state index in [2.05, 4.69) is 22.2 Å². The fraction of sp³-hybridized carbons (Fsp3) is 0.600. The molecule has 5 nitrogen and oxygen atoms in total. The summed E-state index contributed by atoms with van der Waals surface area (Å²) >= 11 is 5.64. The largest absolute Gasteiger partial charge is 0.392 e. The number of aliphatic hydroxyl groups excluding tert-OH is 2. The third-order valence-electron chi connectivity index (χ3n) is 3.79. The molecule has 2 rings (SSSR count). The number of nitrogens with zero attached hydrogens (tertiary/aromatic N) is 2. The Labute approximate surface area is 131 Å². The van der Waals surface area contributed by atoms with Crippen molar-refractivity contribution in [3.63, 3.8) is 0 Å². The molecule has 0 radical (unpaired) electrons. The molecule has 0 spiro atoms. The van der Waals surface area contributed by atoms with E-state index in [0.717, 1.165) is 43.1 Å². The normalized spacial score (nSPS) is 17.8. The van der Waals surface area contributed by atoms with E-state index in [1.54, 1.807) is 0 Å². The second kappa shape index (κ2) is 7.84. The molecule has 0 aliphatic carbocycles. The van der Waals surface area contributed by atoms with Crippen molar-refractivity contribution in [3.8, 4) is 0 Å². The average Bonchev–Trinajstić information content (AvgIpc) is 2.53. The van der Waals surface area contributed by atoms with Gasteiger partial charge in [-0.3, -0.25) is 0 Å². The molecule has 1 aliphatic heterocycles. The molecule has 21 heavy (non-hydrogen) atoms. The minimum atomic E-state index is -0.579. The van der Waals surface area contributed by atoms with Crippen LogP contribution in [0.3, 0.4) is 0 Å². The maximum absolute atomic E-state index is 9.62. The zero-order valence-electron chi connectivity index (χ0n) is 12.4. The first-order valence-electron chi connectivity index (χ1n) is 7.29. The summed E-state index contributed by atoms with van der Waals surface area (Å²) in [7, 11) is 2.13. The standard InChI is InChI=1S/C15H24ClN3O2/c1-18-4-6-19(7-5-18)15-3-2-12(11-20)8-14(15)17-10-13(21)9-16/h2-3,8,13,17,20-21H,4-7,9-11H2,1H3. The van der Waals surface area contributed by atoms with Gasteiger partial charge in [-0.1, -0.05) is 6.07 Å². The Hall–Kier alpha value is -1.01. The highest BCUT2D eigenvalue weighted by molar-refractivity contribution is 6.18. The molecular formula is C15H24ClN3O2. The number of alkyl halides is 1. The number of halogens is 1. The molecule has 0 bridgehead atoms. The minimum absolute atomic E-state index is 0.00968. The van der Waals surface area contributed by atoms with Crippen molar-refractivity contribution in [2.75, 3.05) is 55.9 Å². The highest BCUT2D eigenvalue weighted by Gasteiger charge is 2.17. The van der Waals surface area contributed by atoms with Crippen LogP contribution in [-0.4, -0.2) is 66.9 Å². The van der Waals surface area contributed by atoms with Gasteiger partial charge in [0.2, 0.25) is 0 Å². The third kappa shape index (κ3) is 4.48. The van der Waals surface area contributed by atoms with Crippen LogP contribution in [0.4, 0.5) is 11.4 Å². The quantitative estimate of drug-likeness (QED) is 0.683. The highest BCUT2D eigenvalue weighted by atomic mass is 35.5. The van der Waals surface area contributed by atoms with E-state index in [0.29, 0.717) is 6.54 Å². The molecule has 1 aliphatic rings. The summed E-state index contributed by atoms with van der Waals surface area (Å²) < 4.78 is 0. The number of likely N-dealkylation sites (N-methyl/N-ethyl adjacent to an activating group) is 1. The van der Waals surface area contributed by atoms with E-state index in [9.17, 15) is 10.2 Å². The minimum Gasteiger partial charge on any atom is -0.392 e. The van der Waals surface area contributed by atoms with Crippen LogP contribution in [-0.2, 0) is 6.61 Å². The molecule has 0 saturated carbocycles. The van der Waals surface area contributed by atoms with E-state index < -0.39 is 6.10 Å². The van der Waals surface area contributed by atoms with Gasteiger partial charge < -0.3 is 25.3 Å². The summed E-state index contributed by atoms with van der Waals surface area (Å²) in [6, 6.07) is 5.91. The molecule has 0 aromatic heterocycles. The number of anilines is 2. The van der Waals surface area contributed by atoms with Crippen LogP contribution in [0.1, 0.15) is 5.56 Å². The van der Waals surface area contributed by atoms with Crippen molar-refractivity contribution in [2.45, 2.75) is 12.7 Å². The average molecular weight is 314 g/mol. The van der Waals surface area contributed by atoms with Gasteiger partial charge in [-0.25, -0.2) is 0 Å². The van der Waals surface area contributed by atoms with Crippen LogP contribution in [0.2, 0.25) is 0 Å². The summed E-state index contributed by atoms with van der Waals surface area (Å²) in [6.07, 6.45) is -0.579. The first kappa shape index (κ1) is 16.4. The molecule has 118 valence electrons. The van der Waals surface area contributed by atoms with Gasteiger partial charge in [0.1, 0.15) is 0 Å². The van der Waals surface area contributed by atoms with Crippen LogP contribution in [0.5, 0.6) is 0 Å². The van der Waals surface area contributed by atoms with Gasteiger partial charge in [-0.05, 0) is 24.7 Å². The molecule has 6 heteroatoms. The maximum Gasteiger partial charge on any atom is 0.0847 e. The fourth-order valence-corrected chi connectivity index (χ4v) is 2.54. The number of hydrogen-bond donors (Lipinski definition) is 3. The van der Waals surface area contributed by atoms with Crippen LogP contribution in [0.25, 0.3) is 0 Å². The number of nitrogens with one attached hydrogen (secondary N) is 1. The predicted octanol–water partition coefficient (Wildman–Crippen LogP) is 0.942. The Kier molecular flexibility index (Phi) is 6.11. The zero-order chi connectivity index (χ0) is 15.2. The molecule has 1 aromatic rings. The third-order valence-corrected chi connectivity index (χ3v) is 4.15. The van der Waals surface area contributed by atoms with Crippen LogP contribution < -0.4 is 10.2 Å². The van der Waals surface area contributed by atoms with Crippen molar-refractivity contribution in [1.82, 2.24) is 4.90 Å². The summed E-state index contributed by atoms with van der Waals surface area (Å²) in [5.41, 5.74) is 2.91. The summed E-state index contributed by atoms with van der Waals surface area (Å²) in [6.45, 7) is 4.43. The van der Waals surface area contributed by atoms with Crippen molar-refractivity contribution in [2.24, 2.45) is 0 Å². The molecule has 1 heterocycles. The van der Waals surface area contributed by atoms with Crippen LogP contribution in [0, 0.1) is 0 Å². The molecule has 0 amide bonds. The second-order valence-electron chi connectivity index (χ2n) is 5.49. The van der Waals surface area contributed by atoms with E-state index in [-0.39, 0.29) is 12.5 Å². The lowest BCUT2D eigenvalue weighted by molar-refractivity contribution is 0.211. The Morgan fingerprint density at radius 3 is 2.62 bits per heavy atom. The van der Waals surface area contributed by atoms with Gasteiger partial charge in [-0.2, -0.15) is 0 Å². The lowest BCUT2D eigenvalue weighted by atomic mass is 10.1. The van der Waals surface area contributed by atoms with Gasteiger partial charge in [0, 0.05) is 32.7 Å². The predicted molar refractivity (Wildman–Crippen MR) is 87.3 cm³/mol. The smallest absolute Gasteiger partial charge is 0.0847 e. The number of hydrogen-bond acceptors (Lipinski definition) is 5. The lowest BCUT2D eigenvalue weighted by Gasteiger charge is -2.35. The summed E-state index contributed by atoms with van der Waals surface area (Å²) in [5, 5.41) is 22.2. The number of rotatable bonds is 6. The van der Waals surface area contributed by atoms with E-state index >= 15 is 0 Å². The van der Waals surface area contributed by atoms with Gasteiger partial charge in [-0.15, -0.1) is 11.6 Å². The summed E-state index contributed by atoms with van der Waals surface area (Å²) in [5.74, 6) is 0.205. The van der Waals surface area contributed by atoms with E-state index in [1.807, 2.05) is 18.2 Å². The second-order valence-corrected chi connectivity index (χ2v) is 5.80. The number of aliphatic hydroxyl groups is 2. The molecule has 3 N–H and O–H groups in total. The Balaban J connectivity index is 2.14. The number of benzene rings is 1. The van der Waals surface area contributed by atoms with Crippen molar-refractivity contribution >= 4 is 23.0 Å². The molecular weight excluding hydrogens is 290 g/mol. The maximum atomic E-state index is 9.62. The molecule has 1 fully saturated rings. The van der Waals surface area contributed by atoms with E-state index in [4.69, 9.17) is 11.6 Å². The zero-order valence-corrected chi connectivity index (χ0v) is 13.2. The molecule has 1 unspecified atom stereocenters. The monoisotopic (exact) mass is 313 g/mol. The van der Waals surface area contributed by atoms with Gasteiger partial charge >= 0.3 is 0 Å². The molecule has 1 atom stereocenters. The first-order chi connectivity index (χ1) is 10.1. The van der Waals surface area contributed by atoms with Gasteiger partial charge in [0.05, 0.1) is 30.0 Å². The van der Waals surface area contributed by atoms with Crippen molar-refractivity contribution in [1.29, 1.82) is 0 Å². The molecule has 1 aromatic carbocycles. The van der Waals surface area contributed by atoms with Crippen LogP contribution in [0.15, 0.2) is 18.2 Å². The SMILES string of the molecule is CN1CCN(c2ccc(CO)cc2NCC(O)CCl)CC1. The summed E-state index contributed by atoms with van der Waals surface area (Å²) in [4.78, 5) is 4.64. The highest BCUT2D eigenvalue weighted by Crippen LogP contribution is 2.28. The Morgan fingerprint density at radius 2 is 2.00 bits per heavy atom.